The van der Waals surface area contributed by atoms with E-state index in [0.29, 0.717) is 30.6 Å². The topological polar surface area (TPSA) is 76.6 Å². The predicted octanol–water partition coefficient (Wildman–Crippen LogP) is 5.27. The molecule has 1 N–H and O–H groups in total. The zero-order valence-electron chi connectivity index (χ0n) is 22.3. The number of fused-ring (bicyclic) bond motifs is 4. The Bertz CT molecular complexity index is 1520. The van der Waals surface area contributed by atoms with Crippen molar-refractivity contribution in [3.8, 4) is 22.8 Å². The van der Waals surface area contributed by atoms with Gasteiger partial charge in [0.15, 0.2) is 11.6 Å². The van der Waals surface area contributed by atoms with Crippen LogP contribution in [-0.4, -0.2) is 48.2 Å². The summed E-state index contributed by atoms with van der Waals surface area (Å²) in [5.41, 5.74) is 2.55. The number of hydrogen-bond acceptors (Lipinski definition) is 6. The molecule has 0 atom stereocenters. The van der Waals surface area contributed by atoms with Crippen LogP contribution in [-0.2, 0) is 10.2 Å². The Labute approximate surface area is 227 Å². The highest BCUT2D eigenvalue weighted by molar-refractivity contribution is 6.16. The maximum Gasteiger partial charge on any atom is 0.237 e. The number of nitrogens with zero attached hydrogens (tertiary/aromatic N) is 3. The number of nitrogens with one attached hydrogen (secondary N) is 1. The van der Waals surface area contributed by atoms with E-state index >= 15 is 4.39 Å². The molecule has 0 saturated heterocycles. The Morgan fingerprint density at radius 3 is 2.64 bits per heavy atom. The zero-order chi connectivity index (χ0) is 27.1. The molecule has 1 saturated carbocycles. The fraction of sp³-hybridized carbons (Fsp3) is 0.323. The predicted molar refractivity (Wildman–Crippen MR) is 149 cm³/mol. The smallest absolute Gasteiger partial charge is 0.237 e. The molecule has 2 aromatic carbocycles. The molecule has 0 radical (unpaired) electrons. The van der Waals surface area contributed by atoms with Crippen LogP contribution in [0.1, 0.15) is 32.3 Å². The van der Waals surface area contributed by atoms with Crippen LogP contribution in [0.25, 0.3) is 22.2 Å². The number of anilines is 1. The minimum Gasteiger partial charge on any atom is -0.490 e. The first-order valence-electron chi connectivity index (χ1n) is 13.3. The molecular weight excluding hydrogens is 495 g/mol. The van der Waals surface area contributed by atoms with Crippen LogP contribution in [0.4, 0.5) is 10.1 Å². The maximum atomic E-state index is 15.2. The van der Waals surface area contributed by atoms with E-state index in [1.807, 2.05) is 56.3 Å². The number of aromatic nitrogens is 2. The lowest BCUT2D eigenvalue weighted by atomic mass is 9.62. The van der Waals surface area contributed by atoms with E-state index < -0.39 is 11.2 Å². The molecule has 1 aliphatic carbocycles. The molecule has 1 amide bonds. The third-order valence-electron chi connectivity index (χ3n) is 7.60. The highest BCUT2D eigenvalue weighted by Crippen LogP contribution is 2.58. The van der Waals surface area contributed by atoms with E-state index in [9.17, 15) is 4.79 Å². The minimum atomic E-state index is -0.782. The van der Waals surface area contributed by atoms with Crippen LogP contribution in [0.15, 0.2) is 67.0 Å². The van der Waals surface area contributed by atoms with Crippen molar-refractivity contribution < 1.29 is 18.7 Å². The first-order valence-corrected chi connectivity index (χ1v) is 13.3. The second kappa shape index (κ2) is 9.93. The Morgan fingerprint density at radius 2 is 1.92 bits per heavy atom. The van der Waals surface area contributed by atoms with Crippen LogP contribution in [0, 0.1) is 5.82 Å². The van der Waals surface area contributed by atoms with E-state index in [0.717, 1.165) is 28.0 Å². The molecule has 1 spiro atoms. The lowest BCUT2D eigenvalue weighted by molar-refractivity contribution is -0.129. The van der Waals surface area contributed by atoms with Gasteiger partial charge in [-0.3, -0.25) is 9.78 Å². The van der Waals surface area contributed by atoms with Gasteiger partial charge in [0.25, 0.3) is 0 Å². The Balaban J connectivity index is 1.48. The molecule has 2 aliphatic rings. The minimum absolute atomic E-state index is 0.00206. The summed E-state index contributed by atoms with van der Waals surface area (Å²) in [5.74, 6) is 0.388. The van der Waals surface area contributed by atoms with E-state index in [-0.39, 0.29) is 30.4 Å². The van der Waals surface area contributed by atoms with Crippen LogP contribution in [0.3, 0.4) is 0 Å². The van der Waals surface area contributed by atoms with Crippen molar-refractivity contribution in [1.29, 1.82) is 0 Å². The first-order chi connectivity index (χ1) is 18.9. The summed E-state index contributed by atoms with van der Waals surface area (Å²) in [6, 6.07) is 16.8. The first kappa shape index (κ1) is 25.2. The summed E-state index contributed by atoms with van der Waals surface area (Å²) in [6.07, 6.45) is 4.34. The van der Waals surface area contributed by atoms with Gasteiger partial charge >= 0.3 is 0 Å². The fourth-order valence-electron chi connectivity index (χ4n) is 5.82. The summed E-state index contributed by atoms with van der Waals surface area (Å²) in [5, 5.41) is 4.01. The normalized spacial score (nSPS) is 20.0. The number of hydrogen-bond donors (Lipinski definition) is 1. The molecule has 0 unspecified atom stereocenters. The molecule has 200 valence electrons. The number of benzene rings is 2. The number of likely N-dealkylation sites (N-methyl/N-ethyl adjacent to an activating group) is 1. The second-order valence-electron chi connectivity index (χ2n) is 10.6. The second-order valence-corrected chi connectivity index (χ2v) is 10.6. The summed E-state index contributed by atoms with van der Waals surface area (Å²) in [6.45, 7) is 4.94. The summed E-state index contributed by atoms with van der Waals surface area (Å²) in [4.78, 5) is 24.8. The Kier molecular flexibility index (Phi) is 6.43. The van der Waals surface area contributed by atoms with Crippen LogP contribution >= 0.6 is 0 Å². The molecule has 4 aromatic rings. The number of para-hydroxylation sites is 1. The monoisotopic (exact) mass is 526 g/mol. The van der Waals surface area contributed by atoms with Gasteiger partial charge in [-0.05, 0) is 36.4 Å². The van der Waals surface area contributed by atoms with Crippen LogP contribution < -0.4 is 19.7 Å². The highest BCUT2D eigenvalue weighted by atomic mass is 19.1. The molecule has 1 fully saturated rings. The lowest BCUT2D eigenvalue weighted by Gasteiger charge is -2.43. The maximum absolute atomic E-state index is 15.2. The summed E-state index contributed by atoms with van der Waals surface area (Å²) >= 11 is 0. The van der Waals surface area contributed by atoms with Gasteiger partial charge in [0.2, 0.25) is 5.91 Å². The number of ether oxygens (including phenoxy) is 2. The van der Waals surface area contributed by atoms with E-state index in [4.69, 9.17) is 14.5 Å². The number of carbonyl (C=O) groups excluding carboxylic acids is 1. The van der Waals surface area contributed by atoms with Gasteiger partial charge in [0.1, 0.15) is 24.0 Å². The third kappa shape index (κ3) is 4.29. The van der Waals surface area contributed by atoms with Crippen LogP contribution in [0.2, 0.25) is 0 Å². The SMILES string of the molecule is CC(C)NCCOc1c(F)ccc2c3c(c(-c4cccnc4)nc12)N(C)C(=O)C31CC(Oc2ccccc2)C1. The average molecular weight is 527 g/mol. The number of rotatable bonds is 8. The van der Waals surface area contributed by atoms with Crippen molar-refractivity contribution in [1.82, 2.24) is 15.3 Å². The molecule has 1 aliphatic heterocycles. The Morgan fingerprint density at radius 1 is 1.13 bits per heavy atom. The zero-order valence-corrected chi connectivity index (χ0v) is 22.3. The molecule has 6 rings (SSSR count). The summed E-state index contributed by atoms with van der Waals surface area (Å²) < 4.78 is 27.4. The van der Waals surface area contributed by atoms with Gasteiger partial charge in [-0.1, -0.05) is 32.0 Å². The third-order valence-corrected chi connectivity index (χ3v) is 7.60. The Hall–Kier alpha value is -4.04. The quantitative estimate of drug-likeness (QED) is 0.315. The van der Waals surface area contributed by atoms with Gasteiger partial charge in [-0.2, -0.15) is 0 Å². The highest BCUT2D eigenvalue weighted by Gasteiger charge is 2.60. The average Bonchev–Trinajstić information content (AvgIpc) is 3.15. The van der Waals surface area contributed by atoms with E-state index in [1.165, 1.54) is 6.07 Å². The molecule has 7 nitrogen and oxygen atoms in total. The van der Waals surface area contributed by atoms with Gasteiger partial charge in [0, 0.05) is 61.4 Å². The standard InChI is InChI=1S/C31H31FN4O3/c1-19(2)34-14-15-38-29-24(32)12-11-23-25-28(26(35-27(23)29)20-8-7-13-33-18-20)36(3)30(37)31(25)16-22(17-31)39-21-9-5-4-6-10-21/h4-13,18-19,22,34H,14-17H2,1-3H3. The molecule has 0 bridgehead atoms. The largest absolute Gasteiger partial charge is 0.490 e. The van der Waals surface area contributed by atoms with E-state index in [1.54, 1.807) is 30.4 Å². The molecule has 2 aromatic heterocycles. The lowest BCUT2D eigenvalue weighted by Crippen LogP contribution is -2.53. The van der Waals surface area contributed by atoms with Crippen molar-refractivity contribution in [3.05, 3.63) is 78.4 Å². The number of halogens is 1. The molecular formula is C31H31FN4O3. The van der Waals surface area contributed by atoms with Gasteiger partial charge < -0.3 is 19.7 Å². The van der Waals surface area contributed by atoms with E-state index in [2.05, 4.69) is 10.3 Å². The van der Waals surface area contributed by atoms with Crippen molar-refractivity contribution in [2.75, 3.05) is 25.1 Å². The molecule has 3 heterocycles. The number of pyridine rings is 2. The molecule has 39 heavy (non-hydrogen) atoms. The van der Waals surface area contributed by atoms with Gasteiger partial charge in [-0.25, -0.2) is 9.37 Å². The fourth-order valence-corrected chi connectivity index (χ4v) is 5.82. The molecule has 8 heteroatoms. The van der Waals surface area contributed by atoms with Crippen molar-refractivity contribution >= 4 is 22.5 Å². The van der Waals surface area contributed by atoms with Crippen molar-refractivity contribution in [2.45, 2.75) is 44.2 Å². The van der Waals surface area contributed by atoms with Gasteiger partial charge in [0.05, 0.1) is 16.8 Å². The van der Waals surface area contributed by atoms with Crippen LogP contribution in [0.5, 0.6) is 11.5 Å². The number of carbonyl (C=O) groups is 1. The van der Waals surface area contributed by atoms with Crippen molar-refractivity contribution in [3.63, 3.8) is 0 Å². The summed E-state index contributed by atoms with van der Waals surface area (Å²) in [7, 11) is 1.78. The van der Waals surface area contributed by atoms with Crippen molar-refractivity contribution in [2.24, 2.45) is 0 Å². The number of amides is 1. The van der Waals surface area contributed by atoms with Gasteiger partial charge in [-0.15, -0.1) is 0 Å².